The molecule has 0 aliphatic heterocycles. The standard InChI is InChI=1S/C27H27Cl3N2O2/c1-2-14-31-27(34)25(15-19-6-4-3-5-7-19)32(18-20-8-11-22(28)12-9-20)26(33)16-21-10-13-23(29)17-24(21)30/h3-13,17,25H,2,14-16,18H2,1H3,(H,31,34). The van der Waals surface area contributed by atoms with Crippen molar-refractivity contribution in [1.29, 1.82) is 0 Å². The quantitative estimate of drug-likeness (QED) is 0.340. The fourth-order valence-electron chi connectivity index (χ4n) is 3.64. The van der Waals surface area contributed by atoms with Gasteiger partial charge in [0.2, 0.25) is 11.8 Å². The van der Waals surface area contributed by atoms with E-state index < -0.39 is 6.04 Å². The van der Waals surface area contributed by atoms with E-state index in [0.717, 1.165) is 17.5 Å². The summed E-state index contributed by atoms with van der Waals surface area (Å²) >= 11 is 18.4. The molecule has 0 spiro atoms. The molecular formula is C27H27Cl3N2O2. The van der Waals surface area contributed by atoms with E-state index in [0.29, 0.717) is 33.6 Å². The molecule has 3 aromatic carbocycles. The van der Waals surface area contributed by atoms with Crippen molar-refractivity contribution in [2.24, 2.45) is 0 Å². The summed E-state index contributed by atoms with van der Waals surface area (Å²) in [5, 5.41) is 4.49. The Morgan fingerprint density at radius 1 is 0.882 bits per heavy atom. The second-order valence-corrected chi connectivity index (χ2v) is 9.34. The molecule has 0 aliphatic carbocycles. The Morgan fingerprint density at radius 3 is 2.21 bits per heavy atom. The third-order valence-electron chi connectivity index (χ3n) is 5.44. The Morgan fingerprint density at radius 2 is 1.56 bits per heavy atom. The molecule has 3 aromatic rings. The minimum Gasteiger partial charge on any atom is -0.354 e. The number of benzene rings is 3. The molecule has 1 unspecified atom stereocenters. The highest BCUT2D eigenvalue weighted by atomic mass is 35.5. The summed E-state index contributed by atoms with van der Waals surface area (Å²) in [7, 11) is 0. The summed E-state index contributed by atoms with van der Waals surface area (Å²) in [4.78, 5) is 28.6. The highest BCUT2D eigenvalue weighted by Gasteiger charge is 2.30. The molecule has 0 bridgehead atoms. The van der Waals surface area contributed by atoms with Crippen LogP contribution in [0.4, 0.5) is 0 Å². The summed E-state index contributed by atoms with van der Waals surface area (Å²) in [6, 6.07) is 21.3. The normalized spacial score (nSPS) is 11.6. The average Bonchev–Trinajstić information content (AvgIpc) is 2.83. The minimum absolute atomic E-state index is 0.0515. The molecule has 0 radical (unpaired) electrons. The highest BCUT2D eigenvalue weighted by Crippen LogP contribution is 2.23. The number of halogens is 3. The molecule has 0 saturated heterocycles. The van der Waals surface area contributed by atoms with Crippen molar-refractivity contribution in [1.82, 2.24) is 10.2 Å². The molecule has 0 saturated carbocycles. The summed E-state index contributed by atoms with van der Waals surface area (Å²) in [6.07, 6.45) is 1.25. The van der Waals surface area contributed by atoms with Gasteiger partial charge in [0.15, 0.2) is 0 Å². The van der Waals surface area contributed by atoms with Gasteiger partial charge >= 0.3 is 0 Å². The van der Waals surface area contributed by atoms with Gasteiger partial charge in [-0.25, -0.2) is 0 Å². The van der Waals surface area contributed by atoms with Gasteiger partial charge in [-0.2, -0.15) is 0 Å². The van der Waals surface area contributed by atoms with E-state index in [1.807, 2.05) is 49.4 Å². The average molecular weight is 518 g/mol. The summed E-state index contributed by atoms with van der Waals surface area (Å²) < 4.78 is 0. The smallest absolute Gasteiger partial charge is 0.243 e. The molecule has 0 aromatic heterocycles. The summed E-state index contributed by atoms with van der Waals surface area (Å²) in [5.74, 6) is -0.387. The van der Waals surface area contributed by atoms with Crippen LogP contribution in [0.25, 0.3) is 0 Å². The zero-order chi connectivity index (χ0) is 24.5. The topological polar surface area (TPSA) is 49.4 Å². The van der Waals surface area contributed by atoms with Crippen LogP contribution in [0.3, 0.4) is 0 Å². The van der Waals surface area contributed by atoms with Gasteiger partial charge in [0, 0.05) is 34.6 Å². The van der Waals surface area contributed by atoms with Gasteiger partial charge in [-0.05, 0) is 47.4 Å². The number of carbonyl (C=O) groups excluding carboxylic acids is 2. The molecular weight excluding hydrogens is 491 g/mol. The van der Waals surface area contributed by atoms with Crippen LogP contribution in [-0.4, -0.2) is 29.3 Å². The van der Waals surface area contributed by atoms with Gasteiger partial charge in [-0.3, -0.25) is 9.59 Å². The van der Waals surface area contributed by atoms with Crippen molar-refractivity contribution in [3.8, 4) is 0 Å². The largest absolute Gasteiger partial charge is 0.354 e. The first-order chi connectivity index (χ1) is 16.4. The molecule has 34 heavy (non-hydrogen) atoms. The zero-order valence-corrected chi connectivity index (χ0v) is 21.2. The van der Waals surface area contributed by atoms with Gasteiger partial charge in [0.05, 0.1) is 6.42 Å². The van der Waals surface area contributed by atoms with Crippen molar-refractivity contribution >= 4 is 46.6 Å². The van der Waals surface area contributed by atoms with Crippen LogP contribution in [0.1, 0.15) is 30.0 Å². The van der Waals surface area contributed by atoms with E-state index in [4.69, 9.17) is 34.8 Å². The van der Waals surface area contributed by atoms with E-state index in [2.05, 4.69) is 5.32 Å². The van der Waals surface area contributed by atoms with Crippen LogP contribution < -0.4 is 5.32 Å². The molecule has 178 valence electrons. The Hall–Kier alpha value is -2.53. The lowest BCUT2D eigenvalue weighted by Gasteiger charge is -2.32. The molecule has 4 nitrogen and oxygen atoms in total. The van der Waals surface area contributed by atoms with Crippen LogP contribution in [0.5, 0.6) is 0 Å². The maximum Gasteiger partial charge on any atom is 0.243 e. The van der Waals surface area contributed by atoms with Gasteiger partial charge in [-0.15, -0.1) is 0 Å². The monoisotopic (exact) mass is 516 g/mol. The number of carbonyl (C=O) groups is 2. The Labute approximate surface area is 215 Å². The van der Waals surface area contributed by atoms with E-state index >= 15 is 0 Å². The van der Waals surface area contributed by atoms with Gasteiger partial charge < -0.3 is 10.2 Å². The Kier molecular flexibility index (Phi) is 9.82. The van der Waals surface area contributed by atoms with Gasteiger partial charge in [-0.1, -0.05) is 90.3 Å². The highest BCUT2D eigenvalue weighted by molar-refractivity contribution is 6.35. The first-order valence-corrected chi connectivity index (χ1v) is 12.3. The van der Waals surface area contributed by atoms with Crippen molar-refractivity contribution < 1.29 is 9.59 Å². The third kappa shape index (κ3) is 7.49. The number of nitrogens with zero attached hydrogens (tertiary/aromatic N) is 1. The number of hydrogen-bond donors (Lipinski definition) is 1. The maximum atomic E-state index is 13.7. The molecule has 0 aliphatic rings. The maximum absolute atomic E-state index is 13.7. The SMILES string of the molecule is CCCNC(=O)C(Cc1ccccc1)N(Cc1ccc(Cl)cc1)C(=O)Cc1ccc(Cl)cc1Cl. The second-order valence-electron chi connectivity index (χ2n) is 8.06. The Balaban J connectivity index is 1.96. The van der Waals surface area contributed by atoms with Crippen LogP contribution in [0.2, 0.25) is 15.1 Å². The zero-order valence-electron chi connectivity index (χ0n) is 18.9. The van der Waals surface area contributed by atoms with Gasteiger partial charge in [0.1, 0.15) is 6.04 Å². The molecule has 1 N–H and O–H groups in total. The first kappa shape index (κ1) is 26.1. The number of hydrogen-bond acceptors (Lipinski definition) is 2. The number of nitrogens with one attached hydrogen (secondary N) is 1. The van der Waals surface area contributed by atoms with Crippen LogP contribution in [-0.2, 0) is 29.0 Å². The van der Waals surface area contributed by atoms with Crippen molar-refractivity contribution in [2.45, 2.75) is 38.8 Å². The minimum atomic E-state index is -0.691. The van der Waals surface area contributed by atoms with E-state index in [9.17, 15) is 9.59 Å². The van der Waals surface area contributed by atoms with Gasteiger partial charge in [0.25, 0.3) is 0 Å². The van der Waals surface area contributed by atoms with Crippen LogP contribution in [0, 0.1) is 0 Å². The number of rotatable bonds is 10. The molecule has 0 heterocycles. The van der Waals surface area contributed by atoms with Crippen molar-refractivity contribution in [3.05, 3.63) is 105 Å². The van der Waals surface area contributed by atoms with Crippen molar-refractivity contribution in [3.63, 3.8) is 0 Å². The Bertz CT molecular complexity index is 1100. The fourth-order valence-corrected chi connectivity index (χ4v) is 4.24. The molecule has 1 atom stereocenters. The lowest BCUT2D eigenvalue weighted by atomic mass is 10.0. The predicted octanol–water partition coefficient (Wildman–Crippen LogP) is 6.36. The van der Waals surface area contributed by atoms with Crippen LogP contribution in [0.15, 0.2) is 72.8 Å². The predicted molar refractivity (Wildman–Crippen MR) is 139 cm³/mol. The number of amides is 2. The first-order valence-electron chi connectivity index (χ1n) is 11.2. The molecule has 2 amide bonds. The summed E-state index contributed by atoms with van der Waals surface area (Å²) in [5.41, 5.74) is 2.50. The molecule has 0 fully saturated rings. The lowest BCUT2D eigenvalue weighted by molar-refractivity contribution is -0.140. The summed E-state index contributed by atoms with van der Waals surface area (Å²) in [6.45, 7) is 2.79. The fraction of sp³-hybridized carbons (Fsp3) is 0.259. The third-order valence-corrected chi connectivity index (χ3v) is 6.28. The molecule has 7 heteroatoms. The van der Waals surface area contributed by atoms with E-state index in [1.165, 1.54) is 0 Å². The van der Waals surface area contributed by atoms with E-state index in [1.54, 1.807) is 35.2 Å². The van der Waals surface area contributed by atoms with E-state index in [-0.39, 0.29) is 24.8 Å². The van der Waals surface area contributed by atoms with Crippen LogP contribution >= 0.6 is 34.8 Å². The van der Waals surface area contributed by atoms with Crippen molar-refractivity contribution in [2.75, 3.05) is 6.54 Å². The second kappa shape index (κ2) is 12.8. The lowest BCUT2D eigenvalue weighted by Crippen LogP contribution is -2.51. The molecule has 3 rings (SSSR count).